The molecule has 17 heavy (non-hydrogen) atoms. The van der Waals surface area contributed by atoms with Gasteiger partial charge >= 0.3 is 0 Å². The van der Waals surface area contributed by atoms with Crippen LogP contribution >= 0.6 is 11.8 Å². The molecule has 0 saturated heterocycles. The van der Waals surface area contributed by atoms with E-state index < -0.39 is 0 Å². The summed E-state index contributed by atoms with van der Waals surface area (Å²) in [6, 6.07) is 0.591. The summed E-state index contributed by atoms with van der Waals surface area (Å²) in [6.45, 7) is 12.1. The quantitative estimate of drug-likeness (QED) is 0.769. The molecule has 0 aliphatic heterocycles. The fraction of sp³-hybridized carbons (Fsp3) is 1.00. The molecule has 1 fully saturated rings. The summed E-state index contributed by atoms with van der Waals surface area (Å²) in [5, 5.41) is 14.3. The number of hydrogen-bond donors (Lipinski definition) is 2. The topological polar surface area (TPSA) is 32.3 Å². The van der Waals surface area contributed by atoms with Crippen molar-refractivity contribution in [1.82, 2.24) is 5.32 Å². The van der Waals surface area contributed by atoms with Crippen LogP contribution in [0.25, 0.3) is 0 Å². The molecule has 1 rings (SSSR count). The molecular weight excluding hydrogens is 230 g/mol. The number of aliphatic hydroxyl groups excluding tert-OH is 1. The molecule has 0 bridgehead atoms. The van der Waals surface area contributed by atoms with Crippen molar-refractivity contribution in [2.75, 3.05) is 6.54 Å². The Bertz CT molecular complexity index is 230. The van der Waals surface area contributed by atoms with E-state index in [0.717, 1.165) is 6.54 Å². The molecule has 0 amide bonds. The van der Waals surface area contributed by atoms with Gasteiger partial charge in [0.15, 0.2) is 0 Å². The second-order valence-corrected chi connectivity index (χ2v) is 7.70. The van der Waals surface area contributed by atoms with Crippen LogP contribution in [0.15, 0.2) is 0 Å². The summed E-state index contributed by atoms with van der Waals surface area (Å²) < 4.78 is 0. The Hall–Kier alpha value is 0.270. The predicted molar refractivity (Wildman–Crippen MR) is 77.6 cm³/mol. The van der Waals surface area contributed by atoms with Crippen molar-refractivity contribution in [3.05, 3.63) is 0 Å². The first-order valence-electron chi connectivity index (χ1n) is 6.95. The van der Waals surface area contributed by atoms with Gasteiger partial charge in [-0.1, -0.05) is 27.7 Å². The van der Waals surface area contributed by atoms with Crippen molar-refractivity contribution in [2.24, 2.45) is 5.41 Å². The number of thioether (sulfide) groups is 1. The molecule has 0 radical (unpaired) electrons. The van der Waals surface area contributed by atoms with Crippen molar-refractivity contribution in [2.45, 2.75) is 76.5 Å². The lowest BCUT2D eigenvalue weighted by molar-refractivity contribution is 0.196. The molecule has 0 spiro atoms. The van der Waals surface area contributed by atoms with Gasteiger partial charge in [-0.25, -0.2) is 0 Å². The Morgan fingerprint density at radius 1 is 1.41 bits per heavy atom. The lowest BCUT2D eigenvalue weighted by Gasteiger charge is -2.33. The fourth-order valence-electron chi connectivity index (χ4n) is 2.58. The van der Waals surface area contributed by atoms with Crippen molar-refractivity contribution in [3.8, 4) is 0 Å². The van der Waals surface area contributed by atoms with Crippen molar-refractivity contribution < 1.29 is 5.11 Å². The average molecular weight is 259 g/mol. The van der Waals surface area contributed by atoms with Crippen LogP contribution in [0.1, 0.15) is 53.9 Å². The SMILES string of the molecule is CCCNC1C(SC(C)C(C)O)CCC1(C)C. The van der Waals surface area contributed by atoms with Gasteiger partial charge in [0.2, 0.25) is 0 Å². The monoisotopic (exact) mass is 259 g/mol. The second kappa shape index (κ2) is 6.44. The number of nitrogens with one attached hydrogen (secondary N) is 1. The molecule has 4 unspecified atom stereocenters. The maximum Gasteiger partial charge on any atom is 0.0628 e. The van der Waals surface area contributed by atoms with E-state index in [9.17, 15) is 5.11 Å². The summed E-state index contributed by atoms with van der Waals surface area (Å²) in [5.41, 5.74) is 0.394. The standard InChI is InChI=1S/C14H29NOS/c1-6-9-15-13-12(7-8-14(13,4)5)17-11(3)10(2)16/h10-13,15-16H,6-9H2,1-5H3. The van der Waals surface area contributed by atoms with Gasteiger partial charge in [-0.05, 0) is 38.1 Å². The van der Waals surface area contributed by atoms with E-state index >= 15 is 0 Å². The maximum absolute atomic E-state index is 9.63. The molecule has 2 nitrogen and oxygen atoms in total. The van der Waals surface area contributed by atoms with Crippen LogP contribution in [0.3, 0.4) is 0 Å². The Kier molecular flexibility index (Phi) is 5.81. The number of aliphatic hydroxyl groups is 1. The summed E-state index contributed by atoms with van der Waals surface area (Å²) in [6.07, 6.45) is 3.54. The van der Waals surface area contributed by atoms with Crippen molar-refractivity contribution >= 4 is 11.8 Å². The van der Waals surface area contributed by atoms with Gasteiger partial charge in [0, 0.05) is 16.5 Å². The lowest BCUT2D eigenvalue weighted by Crippen LogP contribution is -2.44. The van der Waals surface area contributed by atoms with Crippen LogP contribution in [0.5, 0.6) is 0 Å². The molecule has 0 aromatic heterocycles. The molecule has 0 heterocycles. The minimum atomic E-state index is -0.212. The molecule has 3 heteroatoms. The van der Waals surface area contributed by atoms with E-state index in [-0.39, 0.29) is 6.10 Å². The van der Waals surface area contributed by atoms with Gasteiger partial charge in [0.1, 0.15) is 0 Å². The van der Waals surface area contributed by atoms with E-state index in [1.54, 1.807) is 0 Å². The molecule has 0 aromatic rings. The number of rotatable bonds is 6. The third kappa shape index (κ3) is 4.15. The molecular formula is C14H29NOS. The van der Waals surface area contributed by atoms with Crippen LogP contribution in [0.2, 0.25) is 0 Å². The first-order chi connectivity index (χ1) is 7.88. The van der Waals surface area contributed by atoms with Crippen LogP contribution in [0, 0.1) is 5.41 Å². The molecule has 102 valence electrons. The van der Waals surface area contributed by atoms with Gasteiger partial charge in [0.05, 0.1) is 6.10 Å². The molecule has 0 aromatic carbocycles. The zero-order valence-corrected chi connectivity index (χ0v) is 12.8. The maximum atomic E-state index is 9.63. The number of hydrogen-bond acceptors (Lipinski definition) is 3. The largest absolute Gasteiger partial charge is 0.392 e. The highest BCUT2D eigenvalue weighted by atomic mass is 32.2. The zero-order valence-electron chi connectivity index (χ0n) is 12.0. The molecule has 2 N–H and O–H groups in total. The zero-order chi connectivity index (χ0) is 13.1. The predicted octanol–water partition coefficient (Wildman–Crippen LogP) is 3.05. The smallest absolute Gasteiger partial charge is 0.0628 e. The van der Waals surface area contributed by atoms with Gasteiger partial charge in [0.25, 0.3) is 0 Å². The average Bonchev–Trinajstić information content (AvgIpc) is 2.51. The summed E-state index contributed by atoms with van der Waals surface area (Å²) >= 11 is 1.96. The Balaban J connectivity index is 2.58. The van der Waals surface area contributed by atoms with E-state index in [1.165, 1.54) is 19.3 Å². The minimum Gasteiger partial charge on any atom is -0.392 e. The third-order valence-electron chi connectivity index (χ3n) is 3.97. The van der Waals surface area contributed by atoms with Crippen LogP contribution in [-0.4, -0.2) is 34.3 Å². The lowest BCUT2D eigenvalue weighted by atomic mass is 9.87. The first-order valence-corrected chi connectivity index (χ1v) is 7.89. The Morgan fingerprint density at radius 3 is 2.59 bits per heavy atom. The Morgan fingerprint density at radius 2 is 2.06 bits per heavy atom. The van der Waals surface area contributed by atoms with Crippen LogP contribution in [0.4, 0.5) is 0 Å². The van der Waals surface area contributed by atoms with Crippen molar-refractivity contribution in [1.29, 1.82) is 0 Å². The Labute approximate surface area is 111 Å². The van der Waals surface area contributed by atoms with Crippen LogP contribution < -0.4 is 5.32 Å². The van der Waals surface area contributed by atoms with Gasteiger partial charge in [-0.3, -0.25) is 0 Å². The van der Waals surface area contributed by atoms with Crippen LogP contribution in [-0.2, 0) is 0 Å². The van der Waals surface area contributed by atoms with Gasteiger partial charge in [-0.15, -0.1) is 0 Å². The van der Waals surface area contributed by atoms with Gasteiger partial charge in [-0.2, -0.15) is 11.8 Å². The normalized spacial score (nSPS) is 31.4. The molecule has 1 aliphatic rings. The van der Waals surface area contributed by atoms with Gasteiger partial charge < -0.3 is 10.4 Å². The van der Waals surface area contributed by atoms with Crippen molar-refractivity contribution in [3.63, 3.8) is 0 Å². The van der Waals surface area contributed by atoms with E-state index in [0.29, 0.717) is 22.0 Å². The second-order valence-electron chi connectivity index (χ2n) is 6.08. The highest BCUT2D eigenvalue weighted by Crippen LogP contribution is 2.44. The van der Waals surface area contributed by atoms with E-state index in [1.807, 2.05) is 18.7 Å². The molecule has 1 aliphatic carbocycles. The molecule has 1 saturated carbocycles. The van der Waals surface area contributed by atoms with E-state index in [4.69, 9.17) is 0 Å². The molecule has 4 atom stereocenters. The summed E-state index contributed by atoms with van der Waals surface area (Å²) in [5.74, 6) is 0. The summed E-state index contributed by atoms with van der Waals surface area (Å²) in [7, 11) is 0. The summed E-state index contributed by atoms with van der Waals surface area (Å²) in [4.78, 5) is 0. The highest BCUT2D eigenvalue weighted by molar-refractivity contribution is 8.00. The minimum absolute atomic E-state index is 0.212. The third-order valence-corrected chi connectivity index (χ3v) is 5.65. The highest BCUT2D eigenvalue weighted by Gasteiger charge is 2.42. The first kappa shape index (κ1) is 15.3. The fourth-order valence-corrected chi connectivity index (χ4v) is 4.24. The van der Waals surface area contributed by atoms with E-state index in [2.05, 4.69) is 33.0 Å².